The molecule has 156 valence electrons. The van der Waals surface area contributed by atoms with Gasteiger partial charge in [-0.15, -0.1) is 0 Å². The van der Waals surface area contributed by atoms with E-state index in [0.717, 1.165) is 11.3 Å². The van der Waals surface area contributed by atoms with Gasteiger partial charge in [0.2, 0.25) is 0 Å². The Morgan fingerprint density at radius 2 is 1.79 bits per heavy atom. The monoisotopic (exact) mass is 401 g/mol. The molecule has 6 nitrogen and oxygen atoms in total. The van der Waals surface area contributed by atoms with E-state index in [4.69, 9.17) is 4.74 Å². The summed E-state index contributed by atoms with van der Waals surface area (Å²) < 4.78 is 42.3. The first-order valence-electron chi connectivity index (χ1n) is 9.07. The predicted octanol–water partition coefficient (Wildman–Crippen LogP) is 3.53. The standard InChI is InChI=1S/C19H26F3N3O3/c1-12(23-17(27)28-18(2,3)4)13-5-7-15(8-6-13)25-10-9-14(11-25)24-16(26)19(20,21)22/h5-8,12,14H,9-11H2,1-4H3,(H,23,27)(H,24,26)/t12-,14+/m0/s1. The van der Waals surface area contributed by atoms with Crippen LogP contribution in [-0.4, -0.2) is 42.9 Å². The van der Waals surface area contributed by atoms with Gasteiger partial charge in [-0.3, -0.25) is 4.79 Å². The van der Waals surface area contributed by atoms with E-state index in [2.05, 4.69) is 5.32 Å². The van der Waals surface area contributed by atoms with Crippen LogP contribution in [-0.2, 0) is 9.53 Å². The van der Waals surface area contributed by atoms with Crippen molar-refractivity contribution in [2.75, 3.05) is 18.0 Å². The zero-order valence-corrected chi connectivity index (χ0v) is 16.4. The molecule has 0 unspecified atom stereocenters. The summed E-state index contributed by atoms with van der Waals surface area (Å²) in [6.45, 7) is 8.05. The molecular formula is C19H26F3N3O3. The first-order valence-corrected chi connectivity index (χ1v) is 9.07. The Morgan fingerprint density at radius 1 is 1.18 bits per heavy atom. The number of carbonyl (C=O) groups excluding carboxylic acids is 2. The number of carbonyl (C=O) groups is 2. The van der Waals surface area contributed by atoms with Crippen LogP contribution in [0, 0.1) is 0 Å². The summed E-state index contributed by atoms with van der Waals surface area (Å²) in [6.07, 6.45) is -4.93. The van der Waals surface area contributed by atoms with Gasteiger partial charge >= 0.3 is 18.2 Å². The number of hydrogen-bond acceptors (Lipinski definition) is 4. The van der Waals surface area contributed by atoms with Crippen molar-refractivity contribution < 1.29 is 27.5 Å². The summed E-state index contributed by atoms with van der Waals surface area (Å²) in [5, 5.41) is 4.78. The number of benzene rings is 1. The third kappa shape index (κ3) is 6.31. The molecule has 28 heavy (non-hydrogen) atoms. The molecule has 2 rings (SSSR count). The van der Waals surface area contributed by atoms with Crippen LogP contribution in [0.25, 0.3) is 0 Å². The van der Waals surface area contributed by atoms with Gasteiger partial charge in [-0.2, -0.15) is 13.2 Å². The number of alkyl carbamates (subject to hydrolysis) is 1. The summed E-state index contributed by atoms with van der Waals surface area (Å²) in [5.74, 6) is -1.91. The van der Waals surface area contributed by atoms with Crippen molar-refractivity contribution in [3.63, 3.8) is 0 Å². The van der Waals surface area contributed by atoms with E-state index in [1.807, 2.05) is 41.4 Å². The second-order valence-corrected chi connectivity index (χ2v) is 7.86. The molecule has 9 heteroatoms. The first kappa shape index (κ1) is 21.8. The first-order chi connectivity index (χ1) is 12.8. The van der Waals surface area contributed by atoms with Gasteiger partial charge in [0.1, 0.15) is 5.60 Å². The highest BCUT2D eigenvalue weighted by atomic mass is 19.4. The van der Waals surface area contributed by atoms with Crippen molar-refractivity contribution in [3.8, 4) is 0 Å². The average molecular weight is 401 g/mol. The van der Waals surface area contributed by atoms with E-state index in [0.29, 0.717) is 19.5 Å². The molecule has 0 radical (unpaired) electrons. The summed E-state index contributed by atoms with van der Waals surface area (Å²) in [6, 6.07) is 6.58. The lowest BCUT2D eigenvalue weighted by Gasteiger charge is -2.23. The summed E-state index contributed by atoms with van der Waals surface area (Å²) in [5.41, 5.74) is 1.13. The number of nitrogens with zero attached hydrogens (tertiary/aromatic N) is 1. The SMILES string of the molecule is C[C@H](NC(=O)OC(C)(C)C)c1ccc(N2CC[C@@H](NC(=O)C(F)(F)F)C2)cc1. The highest BCUT2D eigenvalue weighted by Gasteiger charge is 2.40. The molecule has 1 saturated heterocycles. The van der Waals surface area contributed by atoms with Gasteiger partial charge in [-0.25, -0.2) is 4.79 Å². The summed E-state index contributed by atoms with van der Waals surface area (Å²) in [7, 11) is 0. The molecule has 2 amide bonds. The molecule has 1 aliphatic rings. The maximum absolute atomic E-state index is 12.4. The molecule has 0 aliphatic carbocycles. The Bertz CT molecular complexity index is 699. The topological polar surface area (TPSA) is 70.7 Å². The minimum atomic E-state index is -4.87. The lowest BCUT2D eigenvalue weighted by atomic mass is 10.1. The van der Waals surface area contributed by atoms with Crippen molar-refractivity contribution in [2.24, 2.45) is 0 Å². The van der Waals surface area contributed by atoms with Gasteiger partial charge in [-0.05, 0) is 51.8 Å². The second-order valence-electron chi connectivity index (χ2n) is 7.86. The molecule has 1 aromatic rings. The quantitative estimate of drug-likeness (QED) is 0.810. The van der Waals surface area contributed by atoms with Crippen molar-refractivity contribution in [1.82, 2.24) is 10.6 Å². The zero-order chi connectivity index (χ0) is 21.1. The van der Waals surface area contributed by atoms with Crippen LogP contribution in [0.15, 0.2) is 24.3 Å². The highest BCUT2D eigenvalue weighted by molar-refractivity contribution is 5.82. The molecule has 2 atom stereocenters. The molecule has 0 aromatic heterocycles. The van der Waals surface area contributed by atoms with Gasteiger partial charge in [0.05, 0.1) is 6.04 Å². The van der Waals surface area contributed by atoms with Gasteiger partial charge in [-0.1, -0.05) is 12.1 Å². The lowest BCUT2D eigenvalue weighted by Crippen LogP contribution is -2.44. The van der Waals surface area contributed by atoms with Crippen molar-refractivity contribution in [1.29, 1.82) is 0 Å². The fraction of sp³-hybridized carbons (Fsp3) is 0.579. The third-order valence-corrected chi connectivity index (χ3v) is 4.27. The third-order valence-electron chi connectivity index (χ3n) is 4.27. The number of halogens is 3. The largest absolute Gasteiger partial charge is 0.471 e. The Kier molecular flexibility index (Phi) is 6.46. The van der Waals surface area contributed by atoms with Crippen LogP contribution in [0.2, 0.25) is 0 Å². The molecule has 0 saturated carbocycles. The Labute approximate surface area is 162 Å². The molecule has 1 aliphatic heterocycles. The van der Waals surface area contributed by atoms with E-state index >= 15 is 0 Å². The fourth-order valence-corrected chi connectivity index (χ4v) is 2.92. The fourth-order valence-electron chi connectivity index (χ4n) is 2.92. The summed E-state index contributed by atoms with van der Waals surface area (Å²) in [4.78, 5) is 24.8. The van der Waals surface area contributed by atoms with E-state index in [1.54, 1.807) is 20.8 Å². The van der Waals surface area contributed by atoms with Gasteiger partial charge in [0.15, 0.2) is 0 Å². The smallest absolute Gasteiger partial charge is 0.444 e. The maximum Gasteiger partial charge on any atom is 0.471 e. The van der Waals surface area contributed by atoms with Crippen LogP contribution in [0.4, 0.5) is 23.7 Å². The molecule has 0 bridgehead atoms. The van der Waals surface area contributed by atoms with Crippen molar-refractivity contribution in [2.45, 2.75) is 58.0 Å². The Morgan fingerprint density at radius 3 is 2.32 bits per heavy atom. The number of ether oxygens (including phenoxy) is 1. The lowest BCUT2D eigenvalue weighted by molar-refractivity contribution is -0.174. The van der Waals surface area contributed by atoms with E-state index in [9.17, 15) is 22.8 Å². The van der Waals surface area contributed by atoms with E-state index in [-0.39, 0.29) is 6.04 Å². The van der Waals surface area contributed by atoms with Gasteiger partial charge in [0.25, 0.3) is 0 Å². The Hall–Kier alpha value is -2.45. The summed E-state index contributed by atoms with van der Waals surface area (Å²) >= 11 is 0. The molecule has 2 N–H and O–H groups in total. The van der Waals surface area contributed by atoms with E-state index in [1.165, 1.54) is 0 Å². The van der Waals surface area contributed by atoms with Crippen LogP contribution < -0.4 is 15.5 Å². The molecule has 0 spiro atoms. The zero-order valence-electron chi connectivity index (χ0n) is 16.4. The average Bonchev–Trinajstić information content (AvgIpc) is 3.00. The normalized spacial score (nSPS) is 18.5. The Balaban J connectivity index is 1.90. The van der Waals surface area contributed by atoms with Crippen LogP contribution in [0.5, 0.6) is 0 Å². The number of rotatable bonds is 4. The number of anilines is 1. The molecule has 1 aromatic carbocycles. The number of amides is 2. The highest BCUT2D eigenvalue weighted by Crippen LogP contribution is 2.24. The van der Waals surface area contributed by atoms with Crippen LogP contribution in [0.3, 0.4) is 0 Å². The molecular weight excluding hydrogens is 375 g/mol. The minimum absolute atomic E-state index is 0.263. The van der Waals surface area contributed by atoms with Gasteiger partial charge in [0, 0.05) is 24.8 Å². The number of alkyl halides is 3. The van der Waals surface area contributed by atoms with Gasteiger partial charge < -0.3 is 20.3 Å². The van der Waals surface area contributed by atoms with Crippen molar-refractivity contribution in [3.05, 3.63) is 29.8 Å². The maximum atomic E-state index is 12.4. The predicted molar refractivity (Wildman–Crippen MR) is 99.0 cm³/mol. The van der Waals surface area contributed by atoms with E-state index < -0.39 is 29.8 Å². The van der Waals surface area contributed by atoms with Crippen molar-refractivity contribution >= 4 is 17.7 Å². The number of nitrogens with one attached hydrogen (secondary N) is 2. The van der Waals surface area contributed by atoms with Crippen LogP contribution in [0.1, 0.15) is 45.7 Å². The molecule has 1 fully saturated rings. The second kappa shape index (κ2) is 8.28. The number of hydrogen-bond donors (Lipinski definition) is 2. The van der Waals surface area contributed by atoms with Crippen LogP contribution >= 0.6 is 0 Å². The minimum Gasteiger partial charge on any atom is -0.444 e. The molecule has 1 heterocycles.